The maximum absolute atomic E-state index is 12.0. The first-order chi connectivity index (χ1) is 8.49. The van der Waals surface area contributed by atoms with Crippen molar-refractivity contribution < 1.29 is 8.42 Å². The summed E-state index contributed by atoms with van der Waals surface area (Å²) in [6.45, 7) is 1.77. The maximum atomic E-state index is 12.0. The van der Waals surface area contributed by atoms with Crippen molar-refractivity contribution in [3.8, 4) is 0 Å². The molecule has 0 aromatic carbocycles. The molecular weight excluding hydrogens is 252 g/mol. The zero-order valence-electron chi connectivity index (χ0n) is 9.66. The zero-order valence-corrected chi connectivity index (χ0v) is 10.5. The number of nitrogens with two attached hydrogens (primary N) is 1. The van der Waals surface area contributed by atoms with Gasteiger partial charge < -0.3 is 5.73 Å². The Morgan fingerprint density at radius 1 is 1.22 bits per heavy atom. The van der Waals surface area contributed by atoms with Gasteiger partial charge in [-0.15, -0.1) is 0 Å². The molecule has 7 heteroatoms. The summed E-state index contributed by atoms with van der Waals surface area (Å²) in [7, 11) is -3.68. The first-order valence-electron chi connectivity index (χ1n) is 5.15. The van der Waals surface area contributed by atoms with Gasteiger partial charge >= 0.3 is 0 Å². The van der Waals surface area contributed by atoms with Gasteiger partial charge in [0.1, 0.15) is 16.5 Å². The Kier molecular flexibility index (Phi) is 3.15. The molecule has 0 bridgehead atoms. The second-order valence-corrected chi connectivity index (χ2v) is 5.38. The van der Waals surface area contributed by atoms with Crippen LogP contribution >= 0.6 is 0 Å². The lowest BCUT2D eigenvalue weighted by Gasteiger charge is -2.08. The van der Waals surface area contributed by atoms with Crippen LogP contribution in [0.15, 0.2) is 41.6 Å². The van der Waals surface area contributed by atoms with E-state index in [1.807, 2.05) is 0 Å². The van der Waals surface area contributed by atoms with Gasteiger partial charge in [-0.3, -0.25) is 4.72 Å². The van der Waals surface area contributed by atoms with E-state index in [9.17, 15) is 8.42 Å². The minimum absolute atomic E-state index is 0.0433. The number of anilines is 2. The molecule has 0 saturated heterocycles. The van der Waals surface area contributed by atoms with Crippen LogP contribution in [0.2, 0.25) is 0 Å². The molecule has 2 heterocycles. The average molecular weight is 264 g/mol. The molecule has 0 saturated carbocycles. The van der Waals surface area contributed by atoms with Crippen molar-refractivity contribution >= 4 is 21.7 Å². The van der Waals surface area contributed by atoms with Crippen molar-refractivity contribution in [1.29, 1.82) is 0 Å². The smallest absolute Gasteiger partial charge is 0.264 e. The lowest BCUT2D eigenvalue weighted by Crippen LogP contribution is -2.15. The fourth-order valence-corrected chi connectivity index (χ4v) is 2.35. The van der Waals surface area contributed by atoms with Crippen molar-refractivity contribution in [2.45, 2.75) is 11.8 Å². The van der Waals surface area contributed by atoms with E-state index in [0.29, 0.717) is 5.82 Å². The molecule has 2 aromatic rings. The highest BCUT2D eigenvalue weighted by atomic mass is 32.2. The number of hydrogen-bond acceptors (Lipinski definition) is 5. The van der Waals surface area contributed by atoms with Crippen LogP contribution in [-0.2, 0) is 10.0 Å². The van der Waals surface area contributed by atoms with E-state index in [1.165, 1.54) is 24.5 Å². The van der Waals surface area contributed by atoms with E-state index < -0.39 is 10.0 Å². The Morgan fingerprint density at radius 2 is 2.00 bits per heavy atom. The predicted octanol–water partition coefficient (Wildman–Crippen LogP) is 1.17. The summed E-state index contributed by atoms with van der Waals surface area (Å²) in [6.07, 6.45) is 2.72. The monoisotopic (exact) mass is 264 g/mol. The number of hydrogen-bond donors (Lipinski definition) is 2. The molecule has 2 aromatic heterocycles. The highest BCUT2D eigenvalue weighted by Crippen LogP contribution is 2.16. The molecule has 6 nitrogen and oxygen atoms in total. The van der Waals surface area contributed by atoms with Gasteiger partial charge in [0.05, 0.1) is 0 Å². The third-order valence-corrected chi connectivity index (χ3v) is 3.63. The van der Waals surface area contributed by atoms with Gasteiger partial charge in [0.25, 0.3) is 10.0 Å². The Labute approximate surface area is 105 Å². The quantitative estimate of drug-likeness (QED) is 0.867. The number of rotatable bonds is 3. The zero-order chi connectivity index (χ0) is 13.2. The average Bonchev–Trinajstić information content (AvgIpc) is 2.32. The topological polar surface area (TPSA) is 98.0 Å². The van der Waals surface area contributed by atoms with Gasteiger partial charge in [0, 0.05) is 12.4 Å². The second kappa shape index (κ2) is 4.61. The molecular formula is C11H12N4O2S. The van der Waals surface area contributed by atoms with E-state index in [0.717, 1.165) is 5.56 Å². The Bertz CT molecular complexity index is 653. The van der Waals surface area contributed by atoms with Crippen LogP contribution in [0.3, 0.4) is 0 Å². The lowest BCUT2D eigenvalue weighted by molar-refractivity contribution is 0.600. The van der Waals surface area contributed by atoms with Crippen LogP contribution in [0.4, 0.5) is 11.6 Å². The molecule has 0 amide bonds. The normalized spacial score (nSPS) is 11.2. The molecule has 0 aliphatic carbocycles. The molecule has 0 radical (unpaired) electrons. The Hall–Kier alpha value is -2.15. The summed E-state index contributed by atoms with van der Waals surface area (Å²) in [5, 5.41) is 0. The summed E-state index contributed by atoms with van der Waals surface area (Å²) in [6, 6.07) is 6.33. The SMILES string of the molecule is Cc1cccnc1NS(=O)(=O)c1ccc(N)nc1. The van der Waals surface area contributed by atoms with Crippen LogP contribution in [0.25, 0.3) is 0 Å². The molecule has 0 atom stereocenters. The van der Waals surface area contributed by atoms with Gasteiger partial charge in [0.15, 0.2) is 0 Å². The molecule has 3 N–H and O–H groups in total. The fourth-order valence-electron chi connectivity index (χ4n) is 1.33. The van der Waals surface area contributed by atoms with E-state index in [-0.39, 0.29) is 10.7 Å². The minimum Gasteiger partial charge on any atom is -0.384 e. The van der Waals surface area contributed by atoms with Gasteiger partial charge in [0.2, 0.25) is 0 Å². The van der Waals surface area contributed by atoms with E-state index >= 15 is 0 Å². The van der Waals surface area contributed by atoms with Crippen LogP contribution in [0, 0.1) is 6.92 Å². The summed E-state index contributed by atoms with van der Waals surface area (Å²) >= 11 is 0. The number of sulfonamides is 1. The molecule has 0 fully saturated rings. The Balaban J connectivity index is 2.33. The van der Waals surface area contributed by atoms with Crippen molar-refractivity contribution in [2.75, 3.05) is 10.5 Å². The summed E-state index contributed by atoms with van der Waals surface area (Å²) in [5.41, 5.74) is 6.15. The summed E-state index contributed by atoms with van der Waals surface area (Å²) in [4.78, 5) is 7.76. The molecule has 2 rings (SSSR count). The highest BCUT2D eigenvalue weighted by Gasteiger charge is 2.15. The third-order valence-electron chi connectivity index (χ3n) is 2.31. The van der Waals surface area contributed by atoms with Gasteiger partial charge in [-0.25, -0.2) is 18.4 Å². The van der Waals surface area contributed by atoms with Crippen molar-refractivity contribution in [3.63, 3.8) is 0 Å². The van der Waals surface area contributed by atoms with Crippen LogP contribution in [0.5, 0.6) is 0 Å². The van der Waals surface area contributed by atoms with E-state index in [4.69, 9.17) is 5.73 Å². The largest absolute Gasteiger partial charge is 0.384 e. The van der Waals surface area contributed by atoms with E-state index in [2.05, 4.69) is 14.7 Å². The molecule has 0 aliphatic heterocycles. The number of pyridine rings is 2. The lowest BCUT2D eigenvalue weighted by atomic mass is 10.3. The summed E-state index contributed by atoms with van der Waals surface area (Å²) in [5.74, 6) is 0.567. The van der Waals surface area contributed by atoms with Crippen molar-refractivity contribution in [2.24, 2.45) is 0 Å². The first kappa shape index (κ1) is 12.3. The van der Waals surface area contributed by atoms with Crippen LogP contribution < -0.4 is 10.5 Å². The fraction of sp³-hybridized carbons (Fsp3) is 0.0909. The predicted molar refractivity (Wildman–Crippen MR) is 68.4 cm³/mol. The first-order valence-corrected chi connectivity index (χ1v) is 6.63. The molecule has 0 spiro atoms. The standard InChI is InChI=1S/C11H12N4O2S/c1-8-3-2-6-13-11(8)15-18(16,17)9-4-5-10(12)14-7-9/h2-7H,1H3,(H2,12,14)(H,13,15). The molecule has 0 unspecified atom stereocenters. The van der Waals surface area contributed by atoms with Gasteiger partial charge in [-0.2, -0.15) is 0 Å². The molecule has 18 heavy (non-hydrogen) atoms. The number of aromatic nitrogens is 2. The number of nitrogens with one attached hydrogen (secondary N) is 1. The third kappa shape index (κ3) is 2.57. The highest BCUT2D eigenvalue weighted by molar-refractivity contribution is 7.92. The second-order valence-electron chi connectivity index (χ2n) is 3.69. The molecule has 94 valence electrons. The Morgan fingerprint density at radius 3 is 2.61 bits per heavy atom. The van der Waals surface area contributed by atoms with Crippen molar-refractivity contribution in [3.05, 3.63) is 42.2 Å². The minimum atomic E-state index is -3.68. The van der Waals surface area contributed by atoms with E-state index in [1.54, 1.807) is 19.1 Å². The van der Waals surface area contributed by atoms with Crippen LogP contribution in [0.1, 0.15) is 5.56 Å². The van der Waals surface area contributed by atoms with Crippen molar-refractivity contribution in [1.82, 2.24) is 9.97 Å². The van der Waals surface area contributed by atoms with Gasteiger partial charge in [-0.05, 0) is 30.7 Å². The number of nitrogen functional groups attached to an aromatic ring is 1. The molecule has 0 aliphatic rings. The maximum Gasteiger partial charge on any atom is 0.264 e. The number of nitrogens with zero attached hydrogens (tertiary/aromatic N) is 2. The van der Waals surface area contributed by atoms with Crippen LogP contribution in [-0.4, -0.2) is 18.4 Å². The van der Waals surface area contributed by atoms with Gasteiger partial charge in [-0.1, -0.05) is 6.07 Å². The summed E-state index contributed by atoms with van der Waals surface area (Å²) < 4.78 is 26.5. The number of aryl methyl sites for hydroxylation is 1.